The minimum Gasteiger partial charge on any atom is -0.396 e. The van der Waals surface area contributed by atoms with Gasteiger partial charge in [-0.25, -0.2) is 4.39 Å². The molecular weight excluding hydrogens is 334 g/mol. The molecular formula is C18H25F4N3. The van der Waals surface area contributed by atoms with Crippen LogP contribution in [0.15, 0.2) is 41.5 Å². The lowest BCUT2D eigenvalue weighted by Gasteiger charge is -2.21. The molecule has 0 amide bonds. The van der Waals surface area contributed by atoms with E-state index in [1.165, 1.54) is 12.1 Å². The van der Waals surface area contributed by atoms with Gasteiger partial charge in [0.05, 0.1) is 11.3 Å². The fourth-order valence-corrected chi connectivity index (χ4v) is 2.36. The number of halogens is 4. The Hall–Kier alpha value is -2.18. The van der Waals surface area contributed by atoms with E-state index < -0.39 is 17.6 Å². The number of alkyl halides is 3. The van der Waals surface area contributed by atoms with Gasteiger partial charge in [-0.2, -0.15) is 13.2 Å². The molecule has 7 heteroatoms. The molecule has 4 N–H and O–H groups in total. The number of allylic oxidation sites excluding steroid dienone is 2. The van der Waals surface area contributed by atoms with Crippen molar-refractivity contribution in [3.05, 3.63) is 52.6 Å². The monoisotopic (exact) mass is 359 g/mol. The highest BCUT2D eigenvalue weighted by atomic mass is 19.4. The van der Waals surface area contributed by atoms with Gasteiger partial charge in [-0.1, -0.05) is 26.0 Å². The Balaban J connectivity index is 3.49. The van der Waals surface area contributed by atoms with E-state index in [0.717, 1.165) is 12.1 Å². The van der Waals surface area contributed by atoms with E-state index in [1.807, 2.05) is 13.8 Å². The number of hydrogen-bond donors (Lipinski definition) is 3. The molecule has 1 aromatic rings. The first-order chi connectivity index (χ1) is 11.5. The van der Waals surface area contributed by atoms with Crippen molar-refractivity contribution >= 4 is 5.70 Å². The highest BCUT2D eigenvalue weighted by Gasteiger charge is 2.31. The molecule has 0 saturated heterocycles. The predicted molar refractivity (Wildman–Crippen MR) is 92.9 cm³/mol. The van der Waals surface area contributed by atoms with Crippen LogP contribution in [0.1, 0.15) is 38.8 Å². The van der Waals surface area contributed by atoms with Crippen LogP contribution >= 0.6 is 0 Å². The Morgan fingerprint density at radius 2 is 1.72 bits per heavy atom. The Morgan fingerprint density at radius 3 is 2.16 bits per heavy atom. The van der Waals surface area contributed by atoms with Crippen LogP contribution in [0.4, 0.5) is 17.6 Å². The SMILES string of the molecule is CN/C(NC(C)C)=C(/C(F)=C(\N)c1cccc(C(F)(F)F)c1)C(C)C. The maximum absolute atomic E-state index is 15.0. The summed E-state index contributed by atoms with van der Waals surface area (Å²) in [6, 6.07) is 4.38. The molecule has 0 spiro atoms. The quantitative estimate of drug-likeness (QED) is 0.522. The van der Waals surface area contributed by atoms with E-state index >= 15 is 4.39 Å². The zero-order valence-electron chi connectivity index (χ0n) is 15.1. The molecule has 0 bridgehead atoms. The largest absolute Gasteiger partial charge is 0.416 e. The van der Waals surface area contributed by atoms with Gasteiger partial charge in [0.1, 0.15) is 5.82 Å². The number of nitrogens with one attached hydrogen (secondary N) is 2. The second-order valence-electron chi connectivity index (χ2n) is 6.30. The first kappa shape index (κ1) is 20.9. The molecule has 3 nitrogen and oxygen atoms in total. The lowest BCUT2D eigenvalue weighted by atomic mass is 9.97. The molecule has 0 aromatic heterocycles. The maximum atomic E-state index is 15.0. The summed E-state index contributed by atoms with van der Waals surface area (Å²) in [4.78, 5) is 0. The summed E-state index contributed by atoms with van der Waals surface area (Å²) in [5.74, 6) is -0.526. The molecule has 0 aliphatic carbocycles. The average molecular weight is 359 g/mol. The summed E-state index contributed by atoms with van der Waals surface area (Å²) in [6.45, 7) is 7.36. The second kappa shape index (κ2) is 8.27. The highest BCUT2D eigenvalue weighted by Crippen LogP contribution is 2.32. The summed E-state index contributed by atoms with van der Waals surface area (Å²) in [5, 5.41) is 5.99. The zero-order valence-corrected chi connectivity index (χ0v) is 15.1. The van der Waals surface area contributed by atoms with Crippen LogP contribution in [0.3, 0.4) is 0 Å². The molecule has 0 aliphatic rings. The van der Waals surface area contributed by atoms with E-state index in [1.54, 1.807) is 20.9 Å². The van der Waals surface area contributed by atoms with Crippen LogP contribution in [-0.2, 0) is 6.18 Å². The molecule has 0 unspecified atom stereocenters. The molecule has 0 heterocycles. The Kier molecular flexibility index (Phi) is 6.90. The number of hydrogen-bond acceptors (Lipinski definition) is 3. The van der Waals surface area contributed by atoms with E-state index in [2.05, 4.69) is 10.6 Å². The van der Waals surface area contributed by atoms with E-state index in [4.69, 9.17) is 5.73 Å². The van der Waals surface area contributed by atoms with Crippen LogP contribution in [0.2, 0.25) is 0 Å². The smallest absolute Gasteiger partial charge is 0.396 e. The zero-order chi connectivity index (χ0) is 19.4. The Morgan fingerprint density at radius 1 is 1.12 bits per heavy atom. The lowest BCUT2D eigenvalue weighted by Crippen LogP contribution is -2.32. The summed E-state index contributed by atoms with van der Waals surface area (Å²) >= 11 is 0. The molecule has 0 radical (unpaired) electrons. The van der Waals surface area contributed by atoms with Crippen molar-refractivity contribution in [3.63, 3.8) is 0 Å². The minimum absolute atomic E-state index is 0.00882. The van der Waals surface area contributed by atoms with Crippen LogP contribution in [0.5, 0.6) is 0 Å². The van der Waals surface area contributed by atoms with Gasteiger partial charge < -0.3 is 16.4 Å². The molecule has 0 saturated carbocycles. The normalized spacial score (nSPS) is 14.4. The summed E-state index contributed by atoms with van der Waals surface area (Å²) in [5.41, 5.74) is 4.94. The van der Waals surface area contributed by atoms with Crippen LogP contribution in [-0.4, -0.2) is 13.1 Å². The van der Waals surface area contributed by atoms with Gasteiger partial charge >= 0.3 is 6.18 Å². The van der Waals surface area contributed by atoms with Crippen LogP contribution in [0, 0.1) is 5.92 Å². The van der Waals surface area contributed by atoms with Gasteiger partial charge in [-0.3, -0.25) is 0 Å². The van der Waals surface area contributed by atoms with Crippen molar-refractivity contribution in [2.24, 2.45) is 11.7 Å². The van der Waals surface area contributed by atoms with Crippen LogP contribution in [0.25, 0.3) is 5.70 Å². The lowest BCUT2D eigenvalue weighted by molar-refractivity contribution is -0.137. The van der Waals surface area contributed by atoms with Crippen LogP contribution < -0.4 is 16.4 Å². The number of nitrogens with two attached hydrogens (primary N) is 1. The van der Waals surface area contributed by atoms with Gasteiger partial charge in [0.15, 0.2) is 5.83 Å². The van der Waals surface area contributed by atoms with Gasteiger partial charge in [0, 0.05) is 24.2 Å². The Bertz CT molecular complexity index is 659. The maximum Gasteiger partial charge on any atom is 0.416 e. The second-order valence-corrected chi connectivity index (χ2v) is 6.30. The van der Waals surface area contributed by atoms with Crippen molar-refractivity contribution in [1.29, 1.82) is 0 Å². The van der Waals surface area contributed by atoms with E-state index in [-0.39, 0.29) is 28.8 Å². The Labute approximate surface area is 146 Å². The molecule has 25 heavy (non-hydrogen) atoms. The number of benzene rings is 1. The van der Waals surface area contributed by atoms with Crippen molar-refractivity contribution in [2.45, 2.75) is 39.9 Å². The molecule has 0 atom stereocenters. The van der Waals surface area contributed by atoms with E-state index in [0.29, 0.717) is 5.82 Å². The highest BCUT2D eigenvalue weighted by molar-refractivity contribution is 5.69. The number of rotatable bonds is 6. The standard InChI is InChI=1S/C18H25F4N3/c1-10(2)14(17(24-5)25-11(3)4)15(19)16(23)12-7-6-8-13(9-12)18(20,21)22/h6-11,24-25H,23H2,1-5H3/b16-15+,17-14-. The predicted octanol–water partition coefficient (Wildman–Crippen LogP) is 4.39. The van der Waals surface area contributed by atoms with Gasteiger partial charge in [0.25, 0.3) is 0 Å². The van der Waals surface area contributed by atoms with E-state index in [9.17, 15) is 13.2 Å². The first-order valence-corrected chi connectivity index (χ1v) is 8.00. The fraction of sp³-hybridized carbons (Fsp3) is 0.444. The van der Waals surface area contributed by atoms with Crippen molar-refractivity contribution in [1.82, 2.24) is 10.6 Å². The fourth-order valence-electron chi connectivity index (χ4n) is 2.36. The van der Waals surface area contributed by atoms with Crippen molar-refractivity contribution in [3.8, 4) is 0 Å². The summed E-state index contributed by atoms with van der Waals surface area (Å²) < 4.78 is 53.6. The molecule has 1 rings (SSSR count). The third-order valence-corrected chi connectivity index (χ3v) is 3.50. The first-order valence-electron chi connectivity index (χ1n) is 8.00. The third-order valence-electron chi connectivity index (χ3n) is 3.50. The minimum atomic E-state index is -4.52. The van der Waals surface area contributed by atoms with Gasteiger partial charge in [0.2, 0.25) is 0 Å². The molecule has 0 fully saturated rings. The summed E-state index contributed by atoms with van der Waals surface area (Å²) in [6.07, 6.45) is -4.52. The topological polar surface area (TPSA) is 50.1 Å². The molecule has 1 aromatic carbocycles. The van der Waals surface area contributed by atoms with Gasteiger partial charge in [-0.05, 0) is 31.9 Å². The average Bonchev–Trinajstić information content (AvgIpc) is 2.51. The molecule has 140 valence electrons. The summed E-state index contributed by atoms with van der Waals surface area (Å²) in [7, 11) is 1.64. The third kappa shape index (κ3) is 5.41. The molecule has 0 aliphatic heterocycles. The van der Waals surface area contributed by atoms with Crippen molar-refractivity contribution in [2.75, 3.05) is 7.05 Å². The van der Waals surface area contributed by atoms with Crippen molar-refractivity contribution < 1.29 is 17.6 Å². The van der Waals surface area contributed by atoms with Gasteiger partial charge in [-0.15, -0.1) is 0 Å².